The molecule has 0 radical (unpaired) electrons. The molecule has 1 aromatic carbocycles. The largest absolute Gasteiger partial charge is 0.494 e. The molecule has 1 fully saturated rings. The summed E-state index contributed by atoms with van der Waals surface area (Å²) in [5, 5.41) is 0. The quantitative estimate of drug-likeness (QED) is 0.834. The number of ether oxygens (including phenoxy) is 1. The Morgan fingerprint density at radius 1 is 1.33 bits per heavy atom. The van der Waals surface area contributed by atoms with Gasteiger partial charge in [0.05, 0.1) is 6.61 Å². The van der Waals surface area contributed by atoms with Gasteiger partial charge in [0.1, 0.15) is 5.75 Å². The number of nitrogens with zero attached hydrogens (tertiary/aromatic N) is 1. The van der Waals surface area contributed by atoms with Gasteiger partial charge in [-0.25, -0.2) is 0 Å². The van der Waals surface area contributed by atoms with Crippen molar-refractivity contribution < 1.29 is 4.74 Å². The molecule has 3 heteroatoms. The van der Waals surface area contributed by atoms with Crippen LogP contribution in [-0.2, 0) is 0 Å². The standard InChI is InChI=1S/C15H24N2O/c1-4-18-15-9-13(16)8-14(10-15)17-6-5-11(2)7-12(17)3/h8-12H,4-7,16H2,1-3H3. The van der Waals surface area contributed by atoms with Crippen LogP contribution in [-0.4, -0.2) is 19.2 Å². The molecule has 2 unspecified atom stereocenters. The Bertz CT molecular complexity index is 405. The normalized spacial score (nSPS) is 24.1. The highest BCUT2D eigenvalue weighted by Gasteiger charge is 2.23. The highest BCUT2D eigenvalue weighted by Crippen LogP contribution is 2.31. The Labute approximate surface area is 110 Å². The average Bonchev–Trinajstić information content (AvgIpc) is 2.28. The van der Waals surface area contributed by atoms with E-state index in [4.69, 9.17) is 10.5 Å². The average molecular weight is 248 g/mol. The number of hydrogen-bond donors (Lipinski definition) is 1. The molecule has 3 nitrogen and oxygen atoms in total. The van der Waals surface area contributed by atoms with Crippen molar-refractivity contribution >= 4 is 11.4 Å². The van der Waals surface area contributed by atoms with Gasteiger partial charge < -0.3 is 15.4 Å². The molecule has 100 valence electrons. The summed E-state index contributed by atoms with van der Waals surface area (Å²) >= 11 is 0. The van der Waals surface area contributed by atoms with Crippen LogP contribution in [0.3, 0.4) is 0 Å². The van der Waals surface area contributed by atoms with Crippen molar-refractivity contribution in [3.8, 4) is 5.75 Å². The van der Waals surface area contributed by atoms with Crippen LogP contribution >= 0.6 is 0 Å². The number of anilines is 2. The predicted molar refractivity (Wildman–Crippen MR) is 77.2 cm³/mol. The first-order chi connectivity index (χ1) is 8.60. The van der Waals surface area contributed by atoms with Crippen molar-refractivity contribution in [2.75, 3.05) is 23.8 Å². The monoisotopic (exact) mass is 248 g/mol. The third kappa shape index (κ3) is 2.89. The van der Waals surface area contributed by atoms with Crippen molar-refractivity contribution in [1.82, 2.24) is 0 Å². The van der Waals surface area contributed by atoms with E-state index in [1.54, 1.807) is 0 Å². The summed E-state index contributed by atoms with van der Waals surface area (Å²) in [5.41, 5.74) is 7.93. The second-order valence-electron chi connectivity index (χ2n) is 5.37. The topological polar surface area (TPSA) is 38.5 Å². The smallest absolute Gasteiger partial charge is 0.123 e. The van der Waals surface area contributed by atoms with E-state index < -0.39 is 0 Å². The van der Waals surface area contributed by atoms with E-state index in [0.717, 1.165) is 23.9 Å². The van der Waals surface area contributed by atoms with Crippen LogP contribution in [0.4, 0.5) is 11.4 Å². The van der Waals surface area contributed by atoms with E-state index in [-0.39, 0.29) is 0 Å². The van der Waals surface area contributed by atoms with E-state index in [1.165, 1.54) is 18.5 Å². The SMILES string of the molecule is CCOc1cc(N)cc(N2CCC(C)CC2C)c1. The lowest BCUT2D eigenvalue weighted by Gasteiger charge is -2.38. The first-order valence-electron chi connectivity index (χ1n) is 6.90. The fourth-order valence-corrected chi connectivity index (χ4v) is 2.81. The molecule has 2 N–H and O–H groups in total. The molecule has 1 heterocycles. The second kappa shape index (κ2) is 5.51. The highest BCUT2D eigenvalue weighted by atomic mass is 16.5. The van der Waals surface area contributed by atoms with Crippen LogP contribution < -0.4 is 15.4 Å². The molecule has 1 aliphatic rings. The summed E-state index contributed by atoms with van der Waals surface area (Å²) in [4.78, 5) is 2.44. The van der Waals surface area contributed by atoms with Crippen LogP contribution in [0.2, 0.25) is 0 Å². The maximum Gasteiger partial charge on any atom is 0.123 e. The van der Waals surface area contributed by atoms with Gasteiger partial charge in [0.2, 0.25) is 0 Å². The third-order valence-corrected chi connectivity index (χ3v) is 3.69. The lowest BCUT2D eigenvalue weighted by atomic mass is 9.93. The number of nitrogens with two attached hydrogens (primary N) is 1. The van der Waals surface area contributed by atoms with Gasteiger partial charge in [0.15, 0.2) is 0 Å². The maximum atomic E-state index is 5.96. The fraction of sp³-hybridized carbons (Fsp3) is 0.600. The Kier molecular flexibility index (Phi) is 4.00. The van der Waals surface area contributed by atoms with Crippen LogP contribution in [0.1, 0.15) is 33.6 Å². The van der Waals surface area contributed by atoms with Crippen LogP contribution in [0.15, 0.2) is 18.2 Å². The Balaban J connectivity index is 2.21. The van der Waals surface area contributed by atoms with Gasteiger partial charge in [-0.3, -0.25) is 0 Å². The molecule has 0 bridgehead atoms. The summed E-state index contributed by atoms with van der Waals surface area (Å²) in [6.07, 6.45) is 2.50. The zero-order valence-electron chi connectivity index (χ0n) is 11.6. The number of hydrogen-bond acceptors (Lipinski definition) is 3. The van der Waals surface area contributed by atoms with Crippen LogP contribution in [0.5, 0.6) is 5.75 Å². The Morgan fingerprint density at radius 2 is 2.11 bits per heavy atom. The lowest BCUT2D eigenvalue weighted by Crippen LogP contribution is -2.40. The van der Waals surface area contributed by atoms with Crippen molar-refractivity contribution in [1.29, 1.82) is 0 Å². The van der Waals surface area contributed by atoms with Crippen molar-refractivity contribution in [3.63, 3.8) is 0 Å². The van der Waals surface area contributed by atoms with E-state index in [2.05, 4.69) is 30.9 Å². The summed E-state index contributed by atoms with van der Waals surface area (Å²) in [6.45, 7) is 8.40. The van der Waals surface area contributed by atoms with Gasteiger partial charge in [-0.1, -0.05) is 6.92 Å². The molecule has 0 aliphatic carbocycles. The van der Waals surface area contributed by atoms with Gasteiger partial charge >= 0.3 is 0 Å². The zero-order valence-corrected chi connectivity index (χ0v) is 11.6. The molecule has 0 amide bonds. The summed E-state index contributed by atoms with van der Waals surface area (Å²) < 4.78 is 5.57. The van der Waals surface area contributed by atoms with E-state index in [0.29, 0.717) is 12.6 Å². The molecular weight excluding hydrogens is 224 g/mol. The number of benzene rings is 1. The minimum absolute atomic E-state index is 0.574. The first-order valence-corrected chi connectivity index (χ1v) is 6.90. The van der Waals surface area contributed by atoms with Gasteiger partial charge in [-0.05, 0) is 38.7 Å². The third-order valence-electron chi connectivity index (χ3n) is 3.69. The van der Waals surface area contributed by atoms with Gasteiger partial charge in [0.25, 0.3) is 0 Å². The highest BCUT2D eigenvalue weighted by molar-refractivity contribution is 5.61. The molecule has 18 heavy (non-hydrogen) atoms. The molecule has 1 aliphatic heterocycles. The molecule has 2 rings (SSSR count). The number of piperidine rings is 1. The minimum Gasteiger partial charge on any atom is -0.494 e. The summed E-state index contributed by atoms with van der Waals surface area (Å²) in [5.74, 6) is 1.70. The molecule has 0 aromatic heterocycles. The van der Waals surface area contributed by atoms with Crippen molar-refractivity contribution in [2.24, 2.45) is 5.92 Å². The predicted octanol–water partition coefficient (Wildman–Crippen LogP) is 3.29. The molecule has 0 spiro atoms. The minimum atomic E-state index is 0.574. The van der Waals surface area contributed by atoms with Crippen molar-refractivity contribution in [2.45, 2.75) is 39.7 Å². The number of rotatable bonds is 3. The number of nitrogen functional groups attached to an aromatic ring is 1. The zero-order chi connectivity index (χ0) is 13.1. The van der Waals surface area contributed by atoms with E-state index >= 15 is 0 Å². The molecular formula is C15H24N2O. The molecule has 0 saturated carbocycles. The van der Waals surface area contributed by atoms with Crippen LogP contribution in [0.25, 0.3) is 0 Å². The molecule has 1 aromatic rings. The van der Waals surface area contributed by atoms with E-state index in [1.807, 2.05) is 13.0 Å². The molecule has 1 saturated heterocycles. The van der Waals surface area contributed by atoms with Gasteiger partial charge in [-0.15, -0.1) is 0 Å². The first kappa shape index (κ1) is 13.1. The second-order valence-corrected chi connectivity index (χ2v) is 5.37. The van der Waals surface area contributed by atoms with Gasteiger partial charge in [-0.2, -0.15) is 0 Å². The summed E-state index contributed by atoms with van der Waals surface area (Å²) in [7, 11) is 0. The van der Waals surface area contributed by atoms with Gasteiger partial charge in [0, 0.05) is 36.1 Å². The Morgan fingerprint density at radius 3 is 2.78 bits per heavy atom. The Hall–Kier alpha value is -1.38. The van der Waals surface area contributed by atoms with Crippen LogP contribution in [0, 0.1) is 5.92 Å². The molecule has 2 atom stereocenters. The summed E-state index contributed by atoms with van der Waals surface area (Å²) in [6, 6.07) is 6.62. The maximum absolute atomic E-state index is 5.96. The van der Waals surface area contributed by atoms with E-state index in [9.17, 15) is 0 Å². The lowest BCUT2D eigenvalue weighted by molar-refractivity contribution is 0.339. The fourth-order valence-electron chi connectivity index (χ4n) is 2.81. The van der Waals surface area contributed by atoms with Crippen molar-refractivity contribution in [3.05, 3.63) is 18.2 Å².